The Bertz CT molecular complexity index is 1310. The molecule has 0 aliphatic heterocycles. The van der Waals surface area contributed by atoms with E-state index in [1.54, 1.807) is 20.8 Å². The molecule has 2 N–H and O–H groups in total. The third kappa shape index (κ3) is 6.95. The smallest absolute Gasteiger partial charge is 0.408 e. The van der Waals surface area contributed by atoms with Gasteiger partial charge in [0.25, 0.3) is 0 Å². The molecule has 36 heavy (non-hydrogen) atoms. The van der Waals surface area contributed by atoms with Crippen molar-refractivity contribution in [1.82, 2.24) is 20.2 Å². The first-order valence-corrected chi connectivity index (χ1v) is 12.1. The molecular formula is C29H32N4O3. The van der Waals surface area contributed by atoms with Crippen LogP contribution in [0.4, 0.5) is 4.79 Å². The molecule has 0 radical (unpaired) electrons. The Balaban J connectivity index is 1.37. The van der Waals surface area contributed by atoms with Crippen molar-refractivity contribution in [3.8, 4) is 0 Å². The van der Waals surface area contributed by atoms with Gasteiger partial charge >= 0.3 is 6.09 Å². The first-order chi connectivity index (χ1) is 17.3. The Morgan fingerprint density at radius 2 is 1.56 bits per heavy atom. The number of amides is 2. The van der Waals surface area contributed by atoms with Crippen molar-refractivity contribution in [2.75, 3.05) is 0 Å². The van der Waals surface area contributed by atoms with Crippen LogP contribution in [0.15, 0.2) is 85.2 Å². The molecule has 0 bridgehead atoms. The number of nitrogens with one attached hydrogen (secondary N) is 2. The van der Waals surface area contributed by atoms with E-state index in [1.807, 2.05) is 67.0 Å². The zero-order chi connectivity index (χ0) is 25.5. The number of hydrogen-bond donors (Lipinski definition) is 2. The molecule has 4 rings (SSSR count). The number of rotatable bonds is 8. The number of benzene rings is 3. The summed E-state index contributed by atoms with van der Waals surface area (Å²) in [5.41, 5.74) is 4.48. The maximum atomic E-state index is 13.0. The second-order valence-corrected chi connectivity index (χ2v) is 9.78. The molecule has 0 aliphatic rings. The van der Waals surface area contributed by atoms with Crippen LogP contribution in [-0.2, 0) is 29.0 Å². The number of carbonyl (C=O) groups excluding carboxylic acids is 2. The molecule has 0 spiro atoms. The van der Waals surface area contributed by atoms with Gasteiger partial charge in [0.05, 0.1) is 17.4 Å². The Hall–Kier alpha value is -4.13. The summed E-state index contributed by atoms with van der Waals surface area (Å²) in [4.78, 5) is 29.8. The van der Waals surface area contributed by atoms with Crippen molar-refractivity contribution in [3.63, 3.8) is 0 Å². The Kier molecular flexibility index (Phi) is 7.68. The minimum atomic E-state index is -0.754. The molecule has 1 aromatic heterocycles. The zero-order valence-electron chi connectivity index (χ0n) is 20.9. The van der Waals surface area contributed by atoms with Gasteiger partial charge in [-0.2, -0.15) is 0 Å². The van der Waals surface area contributed by atoms with Crippen LogP contribution >= 0.6 is 0 Å². The van der Waals surface area contributed by atoms with Gasteiger partial charge in [0.15, 0.2) is 0 Å². The fraction of sp³-hybridized carbons (Fsp3) is 0.276. The van der Waals surface area contributed by atoms with E-state index in [-0.39, 0.29) is 5.91 Å². The minimum Gasteiger partial charge on any atom is -0.444 e. The Labute approximate surface area is 211 Å². The number of imidazole rings is 1. The normalized spacial score (nSPS) is 12.2. The summed E-state index contributed by atoms with van der Waals surface area (Å²) in [5.74, 6) is -0.265. The van der Waals surface area contributed by atoms with Gasteiger partial charge in [0.1, 0.15) is 11.6 Å². The summed E-state index contributed by atoms with van der Waals surface area (Å²) in [6, 6.07) is 25.0. The summed E-state index contributed by atoms with van der Waals surface area (Å²) in [7, 11) is 0. The maximum Gasteiger partial charge on any atom is 0.408 e. The third-order valence-corrected chi connectivity index (χ3v) is 5.66. The lowest BCUT2D eigenvalue weighted by Gasteiger charge is -2.23. The van der Waals surface area contributed by atoms with Crippen molar-refractivity contribution in [3.05, 3.63) is 102 Å². The number of nitrogens with zero attached hydrogens (tertiary/aromatic N) is 2. The van der Waals surface area contributed by atoms with Crippen LogP contribution in [0.2, 0.25) is 0 Å². The lowest BCUT2D eigenvalue weighted by atomic mass is 10.1. The maximum absolute atomic E-state index is 13.0. The highest BCUT2D eigenvalue weighted by Gasteiger charge is 2.24. The van der Waals surface area contributed by atoms with Crippen molar-refractivity contribution >= 4 is 23.0 Å². The van der Waals surface area contributed by atoms with Gasteiger partial charge in [0, 0.05) is 19.5 Å². The van der Waals surface area contributed by atoms with Crippen molar-refractivity contribution in [2.24, 2.45) is 0 Å². The molecule has 1 heterocycles. The molecule has 7 heteroatoms. The van der Waals surface area contributed by atoms with Gasteiger partial charge in [-0.3, -0.25) is 4.79 Å². The zero-order valence-corrected chi connectivity index (χ0v) is 20.9. The Morgan fingerprint density at radius 3 is 2.28 bits per heavy atom. The molecule has 7 nitrogen and oxygen atoms in total. The summed E-state index contributed by atoms with van der Waals surface area (Å²) in [6.07, 6.45) is 1.60. The number of carbonyl (C=O) groups is 2. The fourth-order valence-corrected chi connectivity index (χ4v) is 3.92. The van der Waals surface area contributed by atoms with Gasteiger partial charge in [0.2, 0.25) is 5.91 Å². The lowest BCUT2D eigenvalue weighted by Crippen LogP contribution is -2.49. The largest absolute Gasteiger partial charge is 0.444 e. The molecule has 4 aromatic rings. The average Bonchev–Trinajstić information content (AvgIpc) is 3.25. The number of para-hydroxylation sites is 2. The van der Waals surface area contributed by atoms with E-state index >= 15 is 0 Å². The first-order valence-electron chi connectivity index (χ1n) is 12.1. The van der Waals surface area contributed by atoms with Gasteiger partial charge in [-0.05, 0) is 49.6 Å². The number of fused-ring (bicyclic) bond motifs is 1. The number of alkyl carbamates (subject to hydrolysis) is 1. The van der Waals surface area contributed by atoms with Crippen molar-refractivity contribution in [2.45, 2.75) is 51.9 Å². The number of hydrogen-bond acceptors (Lipinski definition) is 4. The molecule has 3 aromatic carbocycles. The third-order valence-electron chi connectivity index (χ3n) is 5.66. The van der Waals surface area contributed by atoms with Crippen LogP contribution < -0.4 is 10.6 Å². The predicted molar refractivity (Wildman–Crippen MR) is 140 cm³/mol. The molecular weight excluding hydrogens is 452 g/mol. The van der Waals surface area contributed by atoms with Gasteiger partial charge in [-0.1, -0.05) is 66.7 Å². The topological polar surface area (TPSA) is 85.2 Å². The van der Waals surface area contributed by atoms with Crippen LogP contribution in [0, 0.1) is 0 Å². The van der Waals surface area contributed by atoms with Crippen LogP contribution in [0.25, 0.3) is 11.0 Å². The number of aromatic nitrogens is 2. The van der Waals surface area contributed by atoms with E-state index in [1.165, 1.54) is 0 Å². The van der Waals surface area contributed by atoms with Crippen LogP contribution in [0.3, 0.4) is 0 Å². The van der Waals surface area contributed by atoms with E-state index in [4.69, 9.17) is 4.74 Å². The highest BCUT2D eigenvalue weighted by molar-refractivity contribution is 5.86. The molecule has 1 unspecified atom stereocenters. The number of ether oxygens (including phenoxy) is 1. The summed E-state index contributed by atoms with van der Waals surface area (Å²) < 4.78 is 7.48. The fourth-order valence-electron chi connectivity index (χ4n) is 3.92. The van der Waals surface area contributed by atoms with E-state index < -0.39 is 17.7 Å². The van der Waals surface area contributed by atoms with Crippen molar-refractivity contribution < 1.29 is 14.3 Å². The van der Waals surface area contributed by atoms with E-state index in [9.17, 15) is 9.59 Å². The molecule has 186 valence electrons. The first kappa shape index (κ1) is 25.0. The molecule has 1 atom stereocenters. The summed E-state index contributed by atoms with van der Waals surface area (Å²) in [5, 5.41) is 5.68. The molecule has 2 amide bonds. The molecule has 0 saturated carbocycles. The average molecular weight is 485 g/mol. The monoisotopic (exact) mass is 484 g/mol. The second-order valence-electron chi connectivity index (χ2n) is 9.78. The Morgan fingerprint density at radius 1 is 0.889 bits per heavy atom. The highest BCUT2D eigenvalue weighted by Crippen LogP contribution is 2.15. The van der Waals surface area contributed by atoms with Crippen LogP contribution in [0.1, 0.15) is 37.5 Å². The van der Waals surface area contributed by atoms with Crippen molar-refractivity contribution in [1.29, 1.82) is 0 Å². The van der Waals surface area contributed by atoms with Crippen LogP contribution in [-0.4, -0.2) is 33.2 Å². The predicted octanol–water partition coefficient (Wildman–Crippen LogP) is 4.84. The molecule has 0 saturated heterocycles. The minimum absolute atomic E-state index is 0.265. The summed E-state index contributed by atoms with van der Waals surface area (Å²) >= 11 is 0. The quantitative estimate of drug-likeness (QED) is 0.375. The van der Waals surface area contributed by atoms with E-state index in [0.717, 1.165) is 27.7 Å². The van der Waals surface area contributed by atoms with Gasteiger partial charge in [-0.15, -0.1) is 0 Å². The second kappa shape index (κ2) is 11.1. The summed E-state index contributed by atoms with van der Waals surface area (Å²) in [6.45, 7) is 6.44. The van der Waals surface area contributed by atoms with E-state index in [0.29, 0.717) is 19.5 Å². The lowest BCUT2D eigenvalue weighted by molar-refractivity contribution is -0.123. The molecule has 0 aliphatic carbocycles. The van der Waals surface area contributed by atoms with Gasteiger partial charge < -0.3 is 19.9 Å². The van der Waals surface area contributed by atoms with Gasteiger partial charge in [-0.25, -0.2) is 9.78 Å². The SMILES string of the molecule is CC(C)(C)OC(=O)NC(Cc1ccccc1)C(=O)NCc1ccc(Cn2cnc3ccccc32)cc1. The van der Waals surface area contributed by atoms with Crippen LogP contribution in [0.5, 0.6) is 0 Å². The standard InChI is InChI=1S/C29H32N4O3/c1-29(2,3)36-28(35)32-25(17-21-9-5-4-6-10-21)27(34)30-18-22-13-15-23(16-14-22)19-33-20-31-24-11-7-8-12-26(24)33/h4-16,20,25H,17-19H2,1-3H3,(H,30,34)(H,32,35). The van der Waals surface area contributed by atoms with E-state index in [2.05, 4.69) is 38.4 Å². The molecule has 0 fully saturated rings. The highest BCUT2D eigenvalue weighted by atomic mass is 16.6.